The molecule has 2 heterocycles. The van der Waals surface area contributed by atoms with Crippen LogP contribution in [0.1, 0.15) is 47.8 Å². The first-order chi connectivity index (χ1) is 15.4. The lowest BCUT2D eigenvalue weighted by molar-refractivity contribution is -0.133. The van der Waals surface area contributed by atoms with Crippen molar-refractivity contribution in [2.45, 2.75) is 44.6 Å². The lowest BCUT2D eigenvalue weighted by atomic mass is 9.92. The molecule has 1 aliphatic heterocycles. The van der Waals surface area contributed by atoms with Crippen LogP contribution >= 0.6 is 11.3 Å². The Hall–Kier alpha value is -3.38. The minimum atomic E-state index is -1.30. The largest absolute Gasteiger partial charge is 0.497 e. The summed E-state index contributed by atoms with van der Waals surface area (Å²) in [5, 5.41) is 15.6. The van der Waals surface area contributed by atoms with E-state index in [0.717, 1.165) is 47.4 Å². The zero-order valence-corrected chi connectivity index (χ0v) is 18.8. The normalized spacial score (nSPS) is 20.2. The number of nitrogens with one attached hydrogen (secondary N) is 2. The second-order valence-electron chi connectivity index (χ2n) is 8.11. The maximum Gasteiger partial charge on any atom is 0.325 e. The number of imide groups is 1. The number of rotatable bonds is 5. The number of nitriles is 1. The molecular weight excluding hydrogens is 428 g/mol. The van der Waals surface area contributed by atoms with Gasteiger partial charge in [-0.2, -0.15) is 5.26 Å². The van der Waals surface area contributed by atoms with E-state index in [-0.39, 0.29) is 0 Å². The molecule has 32 heavy (non-hydrogen) atoms. The molecule has 2 N–H and O–H groups in total. The smallest absolute Gasteiger partial charge is 0.325 e. The average Bonchev–Trinajstić information content (AvgIpc) is 3.09. The number of urea groups is 1. The quantitative estimate of drug-likeness (QED) is 0.534. The first kappa shape index (κ1) is 21.8. The number of fused-ring (bicyclic) bond motifs is 1. The summed E-state index contributed by atoms with van der Waals surface area (Å²) in [4.78, 5) is 40.5. The number of nitrogens with zero attached hydrogens (tertiary/aromatic N) is 2. The molecule has 1 atom stereocenters. The molecule has 1 fully saturated rings. The third-order valence-corrected chi connectivity index (χ3v) is 7.22. The van der Waals surface area contributed by atoms with Crippen molar-refractivity contribution in [3.8, 4) is 11.8 Å². The number of carbonyl (C=O) groups excluding carboxylic acids is 3. The number of aryl methyl sites for hydroxylation is 1. The van der Waals surface area contributed by atoms with Crippen LogP contribution in [0.5, 0.6) is 5.75 Å². The van der Waals surface area contributed by atoms with E-state index in [9.17, 15) is 19.6 Å². The van der Waals surface area contributed by atoms with E-state index in [2.05, 4.69) is 16.7 Å². The van der Waals surface area contributed by atoms with Crippen LogP contribution in [-0.2, 0) is 28.0 Å². The molecule has 1 unspecified atom stereocenters. The van der Waals surface area contributed by atoms with Gasteiger partial charge in [0.1, 0.15) is 28.9 Å². The van der Waals surface area contributed by atoms with Gasteiger partial charge in [-0.15, -0.1) is 11.3 Å². The predicted molar refractivity (Wildman–Crippen MR) is 120 cm³/mol. The zero-order valence-electron chi connectivity index (χ0n) is 18.0. The van der Waals surface area contributed by atoms with Crippen molar-refractivity contribution in [3.63, 3.8) is 0 Å². The fourth-order valence-corrected chi connectivity index (χ4v) is 5.48. The molecule has 8 nitrogen and oxygen atoms in total. The Morgan fingerprint density at radius 3 is 2.84 bits per heavy atom. The third kappa shape index (κ3) is 3.82. The van der Waals surface area contributed by atoms with Gasteiger partial charge in [0.25, 0.3) is 5.91 Å². The Labute approximate surface area is 190 Å². The molecule has 0 radical (unpaired) electrons. The van der Waals surface area contributed by atoms with Crippen molar-refractivity contribution in [2.24, 2.45) is 0 Å². The van der Waals surface area contributed by atoms with Crippen LogP contribution in [0, 0.1) is 11.3 Å². The summed E-state index contributed by atoms with van der Waals surface area (Å²) >= 11 is 1.42. The topological polar surface area (TPSA) is 112 Å². The fourth-order valence-electron chi connectivity index (χ4n) is 4.23. The molecule has 0 bridgehead atoms. The maximum absolute atomic E-state index is 13.1. The molecule has 166 valence electrons. The van der Waals surface area contributed by atoms with E-state index >= 15 is 0 Å². The highest BCUT2D eigenvalue weighted by Gasteiger charge is 2.49. The Morgan fingerprint density at radius 2 is 2.09 bits per heavy atom. The van der Waals surface area contributed by atoms with Gasteiger partial charge in [0.2, 0.25) is 5.91 Å². The van der Waals surface area contributed by atoms with E-state index in [4.69, 9.17) is 4.74 Å². The molecule has 4 amide bonds. The first-order valence-corrected chi connectivity index (χ1v) is 11.3. The third-order valence-electron chi connectivity index (χ3n) is 6.01. The van der Waals surface area contributed by atoms with Gasteiger partial charge in [0.05, 0.1) is 12.7 Å². The van der Waals surface area contributed by atoms with Gasteiger partial charge in [-0.05, 0) is 55.9 Å². The van der Waals surface area contributed by atoms with Crippen molar-refractivity contribution in [1.82, 2.24) is 10.2 Å². The number of benzene rings is 1. The van der Waals surface area contributed by atoms with Gasteiger partial charge in [-0.3, -0.25) is 14.5 Å². The van der Waals surface area contributed by atoms with Crippen LogP contribution in [0.2, 0.25) is 0 Å². The molecule has 9 heteroatoms. The number of hydrogen-bond donors (Lipinski definition) is 2. The summed E-state index contributed by atoms with van der Waals surface area (Å²) < 4.78 is 5.22. The Morgan fingerprint density at radius 1 is 1.31 bits per heavy atom. The number of thiophene rings is 1. The molecule has 2 aromatic rings. The maximum atomic E-state index is 13.1. The van der Waals surface area contributed by atoms with Crippen molar-refractivity contribution in [2.75, 3.05) is 19.0 Å². The second kappa shape index (κ2) is 8.63. The van der Waals surface area contributed by atoms with Crippen molar-refractivity contribution < 1.29 is 19.1 Å². The van der Waals surface area contributed by atoms with Crippen molar-refractivity contribution in [3.05, 3.63) is 45.8 Å². The molecule has 2 aliphatic rings. The summed E-state index contributed by atoms with van der Waals surface area (Å²) in [5.41, 5.74) is 0.778. The molecule has 0 spiro atoms. The van der Waals surface area contributed by atoms with Crippen LogP contribution in [0.15, 0.2) is 24.3 Å². The number of ether oxygens (including phenoxy) is 1. The number of hydrogen-bond acceptors (Lipinski definition) is 6. The van der Waals surface area contributed by atoms with Crippen LogP contribution in [0.4, 0.5) is 9.80 Å². The molecule has 0 saturated carbocycles. The molecule has 1 saturated heterocycles. The monoisotopic (exact) mass is 452 g/mol. The standard InChI is InChI=1S/C23H24N4O4S/c1-23(14-7-6-8-15(11-14)31-2)21(29)27(22(30)26-23)13-19(28)25-20-17(12-24)16-9-4-3-5-10-18(16)32-20/h6-8,11H,3-5,9-10,13H2,1-2H3,(H,25,28)(H,26,30). The summed E-state index contributed by atoms with van der Waals surface area (Å²) in [5.74, 6) is -0.479. The van der Waals surface area contributed by atoms with Gasteiger partial charge in [-0.1, -0.05) is 18.6 Å². The number of methoxy groups -OCH3 is 1. The van der Waals surface area contributed by atoms with Crippen LogP contribution < -0.4 is 15.4 Å². The predicted octanol–water partition coefficient (Wildman–Crippen LogP) is 3.30. The van der Waals surface area contributed by atoms with E-state index in [1.54, 1.807) is 31.2 Å². The van der Waals surface area contributed by atoms with Gasteiger partial charge >= 0.3 is 6.03 Å². The molecule has 1 aliphatic carbocycles. The Kier molecular flexibility index (Phi) is 5.89. The number of amides is 4. The van der Waals surface area contributed by atoms with Gasteiger partial charge in [0, 0.05) is 4.88 Å². The fraction of sp³-hybridized carbons (Fsp3) is 0.391. The second-order valence-corrected chi connectivity index (χ2v) is 9.21. The molecular formula is C23H24N4O4S. The first-order valence-electron chi connectivity index (χ1n) is 10.5. The molecule has 1 aromatic carbocycles. The van der Waals surface area contributed by atoms with Crippen molar-refractivity contribution in [1.29, 1.82) is 5.26 Å². The van der Waals surface area contributed by atoms with E-state index in [1.165, 1.54) is 18.4 Å². The summed E-state index contributed by atoms with van der Waals surface area (Å²) in [6.45, 7) is 1.17. The summed E-state index contributed by atoms with van der Waals surface area (Å²) in [6.07, 6.45) is 4.95. The Balaban J connectivity index is 1.51. The van der Waals surface area contributed by atoms with Gasteiger partial charge in [0.15, 0.2) is 0 Å². The van der Waals surface area contributed by atoms with Crippen LogP contribution in [0.3, 0.4) is 0 Å². The lowest BCUT2D eigenvalue weighted by Gasteiger charge is -2.22. The lowest BCUT2D eigenvalue weighted by Crippen LogP contribution is -2.42. The van der Waals surface area contributed by atoms with E-state index in [1.807, 2.05) is 0 Å². The highest BCUT2D eigenvalue weighted by molar-refractivity contribution is 7.16. The molecule has 1 aromatic heterocycles. The van der Waals surface area contributed by atoms with E-state index < -0.39 is 29.9 Å². The highest BCUT2D eigenvalue weighted by Crippen LogP contribution is 2.37. The Bertz CT molecular complexity index is 1140. The van der Waals surface area contributed by atoms with Gasteiger partial charge < -0.3 is 15.4 Å². The zero-order chi connectivity index (χ0) is 22.9. The summed E-state index contributed by atoms with van der Waals surface area (Å²) in [7, 11) is 1.52. The summed E-state index contributed by atoms with van der Waals surface area (Å²) in [6, 6.07) is 8.46. The number of anilines is 1. The van der Waals surface area contributed by atoms with Crippen LogP contribution in [0.25, 0.3) is 0 Å². The molecule has 4 rings (SSSR count). The minimum absolute atomic E-state index is 0.433. The minimum Gasteiger partial charge on any atom is -0.497 e. The average molecular weight is 453 g/mol. The highest BCUT2D eigenvalue weighted by atomic mass is 32.1. The number of carbonyl (C=O) groups is 3. The van der Waals surface area contributed by atoms with E-state index in [0.29, 0.717) is 21.9 Å². The van der Waals surface area contributed by atoms with Crippen LogP contribution in [-0.4, -0.2) is 36.4 Å². The SMILES string of the molecule is COc1cccc(C2(C)NC(=O)N(CC(=O)Nc3sc4c(c3C#N)CCCCC4)C2=O)c1. The van der Waals surface area contributed by atoms with Crippen molar-refractivity contribution >= 4 is 34.2 Å². The van der Waals surface area contributed by atoms with Gasteiger partial charge in [-0.25, -0.2) is 4.79 Å².